The highest BCUT2D eigenvalue weighted by Crippen LogP contribution is 2.15. The van der Waals surface area contributed by atoms with Gasteiger partial charge in [-0.2, -0.15) is 0 Å². The monoisotopic (exact) mass is 205 g/mol. The van der Waals surface area contributed by atoms with Crippen molar-refractivity contribution in [3.63, 3.8) is 0 Å². The van der Waals surface area contributed by atoms with E-state index >= 15 is 0 Å². The normalized spacial score (nSPS) is 21.9. The second kappa shape index (κ2) is 4.62. The lowest BCUT2D eigenvalue weighted by Crippen LogP contribution is -2.19. The molecule has 1 aliphatic rings. The van der Waals surface area contributed by atoms with Gasteiger partial charge in [-0.05, 0) is 45.0 Å². The van der Waals surface area contributed by atoms with Crippen molar-refractivity contribution >= 4 is 5.82 Å². The number of anilines is 1. The molecule has 3 heteroatoms. The Bertz CT molecular complexity index is 324. The van der Waals surface area contributed by atoms with Crippen LogP contribution in [-0.4, -0.2) is 36.6 Å². The zero-order chi connectivity index (χ0) is 10.7. The maximum absolute atomic E-state index is 4.43. The van der Waals surface area contributed by atoms with Crippen LogP contribution in [-0.2, 0) is 0 Å². The van der Waals surface area contributed by atoms with Gasteiger partial charge in [0.05, 0.1) is 0 Å². The molecule has 1 fully saturated rings. The number of nitrogens with zero attached hydrogens (tertiary/aromatic N) is 2. The molecule has 0 bridgehead atoms. The highest BCUT2D eigenvalue weighted by Gasteiger charge is 2.18. The van der Waals surface area contributed by atoms with Gasteiger partial charge < -0.3 is 10.2 Å². The molecule has 0 amide bonds. The molecule has 1 aromatic rings. The van der Waals surface area contributed by atoms with Crippen LogP contribution in [0.1, 0.15) is 12.1 Å². The van der Waals surface area contributed by atoms with E-state index in [4.69, 9.17) is 0 Å². The molecule has 1 unspecified atom stereocenters. The summed E-state index contributed by atoms with van der Waals surface area (Å²) in [5.41, 5.74) is 1.07. The van der Waals surface area contributed by atoms with Gasteiger partial charge in [-0.3, -0.25) is 0 Å². The summed E-state index contributed by atoms with van der Waals surface area (Å²) in [5, 5.41) is 3.41. The summed E-state index contributed by atoms with van der Waals surface area (Å²) in [6.45, 7) is 5.50. The van der Waals surface area contributed by atoms with E-state index in [9.17, 15) is 0 Å². The fraction of sp³-hybridized carbons (Fsp3) is 0.583. The van der Waals surface area contributed by atoms with Gasteiger partial charge >= 0.3 is 0 Å². The third-order valence-corrected chi connectivity index (χ3v) is 2.95. The van der Waals surface area contributed by atoms with Gasteiger partial charge in [-0.25, -0.2) is 4.98 Å². The molecule has 1 saturated heterocycles. The van der Waals surface area contributed by atoms with Crippen LogP contribution in [0.3, 0.4) is 0 Å². The molecule has 0 aliphatic carbocycles. The summed E-state index contributed by atoms with van der Waals surface area (Å²) in [4.78, 5) is 6.81. The summed E-state index contributed by atoms with van der Waals surface area (Å²) in [6.07, 6.45) is 1.30. The molecule has 1 N–H and O–H groups in total. The Morgan fingerprint density at radius 2 is 2.40 bits per heavy atom. The number of likely N-dealkylation sites (tertiary alicyclic amines) is 1. The van der Waals surface area contributed by atoms with E-state index < -0.39 is 0 Å². The van der Waals surface area contributed by atoms with Crippen LogP contribution >= 0.6 is 0 Å². The fourth-order valence-electron chi connectivity index (χ4n) is 2.08. The van der Waals surface area contributed by atoms with Crippen LogP contribution in [0.5, 0.6) is 0 Å². The maximum Gasteiger partial charge on any atom is 0.126 e. The minimum absolute atomic E-state index is 0.775. The lowest BCUT2D eigenvalue weighted by Gasteiger charge is -2.12. The Labute approximate surface area is 91.5 Å². The van der Waals surface area contributed by atoms with Crippen molar-refractivity contribution in [3.8, 4) is 0 Å². The topological polar surface area (TPSA) is 28.2 Å². The Hall–Kier alpha value is -1.09. The number of aryl methyl sites for hydroxylation is 1. The smallest absolute Gasteiger partial charge is 0.126 e. The quantitative estimate of drug-likeness (QED) is 0.815. The molecular weight excluding hydrogens is 186 g/mol. The van der Waals surface area contributed by atoms with E-state index in [2.05, 4.69) is 22.2 Å². The number of pyridine rings is 1. The second-order valence-electron chi connectivity index (χ2n) is 4.46. The zero-order valence-electron chi connectivity index (χ0n) is 9.53. The Morgan fingerprint density at radius 3 is 3.07 bits per heavy atom. The molecule has 2 rings (SSSR count). The van der Waals surface area contributed by atoms with Gasteiger partial charge in [0.1, 0.15) is 5.82 Å². The first-order chi connectivity index (χ1) is 7.24. The largest absolute Gasteiger partial charge is 0.370 e. The first kappa shape index (κ1) is 10.4. The summed E-state index contributed by atoms with van der Waals surface area (Å²) in [6, 6.07) is 6.10. The molecule has 0 spiro atoms. The number of aromatic nitrogens is 1. The third kappa shape index (κ3) is 2.93. The molecule has 0 radical (unpaired) electrons. The van der Waals surface area contributed by atoms with Crippen molar-refractivity contribution in [1.29, 1.82) is 0 Å². The van der Waals surface area contributed by atoms with E-state index in [-0.39, 0.29) is 0 Å². The molecule has 82 valence electrons. The van der Waals surface area contributed by atoms with Crippen LogP contribution < -0.4 is 5.32 Å². The maximum atomic E-state index is 4.43. The Kier molecular flexibility index (Phi) is 3.21. The summed E-state index contributed by atoms with van der Waals surface area (Å²) in [7, 11) is 2.19. The first-order valence-electron chi connectivity index (χ1n) is 5.60. The minimum atomic E-state index is 0.775. The van der Waals surface area contributed by atoms with Crippen LogP contribution in [0.4, 0.5) is 5.82 Å². The predicted octanol–water partition coefficient (Wildman–Crippen LogP) is 1.75. The first-order valence-corrected chi connectivity index (χ1v) is 5.60. The van der Waals surface area contributed by atoms with Crippen molar-refractivity contribution in [3.05, 3.63) is 23.9 Å². The van der Waals surface area contributed by atoms with Gasteiger partial charge in [-0.15, -0.1) is 0 Å². The summed E-state index contributed by atoms with van der Waals surface area (Å²) >= 11 is 0. The minimum Gasteiger partial charge on any atom is -0.370 e. The Morgan fingerprint density at radius 1 is 1.53 bits per heavy atom. The third-order valence-electron chi connectivity index (χ3n) is 2.95. The van der Waals surface area contributed by atoms with Gasteiger partial charge in [0.2, 0.25) is 0 Å². The van der Waals surface area contributed by atoms with E-state index in [1.165, 1.54) is 19.5 Å². The number of nitrogens with one attached hydrogen (secondary N) is 1. The lowest BCUT2D eigenvalue weighted by molar-refractivity contribution is 0.399. The van der Waals surface area contributed by atoms with Gasteiger partial charge in [0.25, 0.3) is 0 Å². The molecule has 0 aromatic carbocycles. The SMILES string of the molecule is Cc1cccc(NCC2CCN(C)C2)n1. The summed E-state index contributed by atoms with van der Waals surface area (Å²) in [5.74, 6) is 1.78. The number of hydrogen-bond donors (Lipinski definition) is 1. The van der Waals surface area contributed by atoms with Crippen LogP contribution in [0.25, 0.3) is 0 Å². The molecular formula is C12H19N3. The fourth-order valence-corrected chi connectivity index (χ4v) is 2.08. The highest BCUT2D eigenvalue weighted by atomic mass is 15.1. The standard InChI is InChI=1S/C12H19N3/c1-10-4-3-5-12(14-10)13-8-11-6-7-15(2)9-11/h3-5,11H,6-9H2,1-2H3,(H,13,14). The van der Waals surface area contributed by atoms with Crippen molar-refractivity contribution in [2.24, 2.45) is 5.92 Å². The van der Waals surface area contributed by atoms with E-state index in [0.29, 0.717) is 0 Å². The van der Waals surface area contributed by atoms with Gasteiger partial charge in [-0.1, -0.05) is 6.07 Å². The van der Waals surface area contributed by atoms with Crippen LogP contribution in [0, 0.1) is 12.8 Å². The molecule has 1 aromatic heterocycles. The molecule has 15 heavy (non-hydrogen) atoms. The van der Waals surface area contributed by atoms with Crippen molar-refractivity contribution in [2.75, 3.05) is 32.0 Å². The van der Waals surface area contributed by atoms with E-state index in [1.807, 2.05) is 25.1 Å². The number of rotatable bonds is 3. The zero-order valence-corrected chi connectivity index (χ0v) is 9.53. The highest BCUT2D eigenvalue weighted by molar-refractivity contribution is 5.35. The Balaban J connectivity index is 1.83. The van der Waals surface area contributed by atoms with E-state index in [1.54, 1.807) is 0 Å². The molecule has 1 atom stereocenters. The van der Waals surface area contributed by atoms with Crippen molar-refractivity contribution in [1.82, 2.24) is 9.88 Å². The van der Waals surface area contributed by atoms with Gasteiger partial charge in [0, 0.05) is 18.8 Å². The lowest BCUT2D eigenvalue weighted by atomic mass is 10.1. The predicted molar refractivity (Wildman–Crippen MR) is 63.1 cm³/mol. The average Bonchev–Trinajstić information content (AvgIpc) is 2.62. The molecule has 2 heterocycles. The van der Waals surface area contributed by atoms with Crippen LogP contribution in [0.2, 0.25) is 0 Å². The average molecular weight is 205 g/mol. The molecule has 3 nitrogen and oxygen atoms in total. The van der Waals surface area contributed by atoms with Crippen molar-refractivity contribution < 1.29 is 0 Å². The molecule has 1 aliphatic heterocycles. The van der Waals surface area contributed by atoms with Gasteiger partial charge in [0.15, 0.2) is 0 Å². The summed E-state index contributed by atoms with van der Waals surface area (Å²) < 4.78 is 0. The van der Waals surface area contributed by atoms with E-state index in [0.717, 1.165) is 24.0 Å². The second-order valence-corrected chi connectivity index (χ2v) is 4.46. The molecule has 0 saturated carbocycles. The number of hydrogen-bond acceptors (Lipinski definition) is 3. The van der Waals surface area contributed by atoms with Crippen LogP contribution in [0.15, 0.2) is 18.2 Å². The van der Waals surface area contributed by atoms with Crippen molar-refractivity contribution in [2.45, 2.75) is 13.3 Å².